The molecule has 2 N–H and O–H groups in total. The van der Waals surface area contributed by atoms with Gasteiger partial charge in [-0.25, -0.2) is 0 Å². The third-order valence-electron chi connectivity index (χ3n) is 4.53. The number of ether oxygens (including phenoxy) is 6. The first-order valence-corrected chi connectivity index (χ1v) is 11.7. The molecule has 7 heteroatoms. The molecular weight excluding hydrogens is 398 g/mol. The highest BCUT2D eigenvalue weighted by Gasteiger charge is 1.98. The first-order chi connectivity index (χ1) is 15.3. The molecule has 0 fully saturated rings. The van der Waals surface area contributed by atoms with Crippen molar-refractivity contribution in [1.82, 2.24) is 0 Å². The monoisotopic (exact) mass is 441 g/mol. The summed E-state index contributed by atoms with van der Waals surface area (Å²) in [5.41, 5.74) is 6.43. The number of benzene rings is 1. The topological polar surface area (TPSA) is 81.4 Å². The summed E-state index contributed by atoms with van der Waals surface area (Å²) in [4.78, 5) is 0. The number of rotatable bonds is 23. The standard InChI is InChI=1S/C24H43NO6/c1-2-3-4-5-6-9-12-26-13-14-27-15-16-28-17-18-29-19-20-30-21-22-31-24-11-8-7-10-23(24)25/h7-8,10-11H,2-6,9,12-22,25H2,1H3. The summed E-state index contributed by atoms with van der Waals surface area (Å²) in [6, 6.07) is 7.42. The molecule has 180 valence electrons. The number of unbranched alkanes of at least 4 members (excludes halogenated alkanes) is 5. The van der Waals surface area contributed by atoms with E-state index in [0.29, 0.717) is 77.5 Å². The summed E-state index contributed by atoms with van der Waals surface area (Å²) in [6.45, 7) is 8.59. The number of nitrogen functional groups attached to an aromatic ring is 1. The van der Waals surface area contributed by atoms with Crippen molar-refractivity contribution in [3.63, 3.8) is 0 Å². The van der Waals surface area contributed by atoms with Crippen molar-refractivity contribution in [2.45, 2.75) is 45.4 Å². The zero-order valence-electron chi connectivity index (χ0n) is 19.4. The summed E-state index contributed by atoms with van der Waals surface area (Å²) in [6.07, 6.45) is 7.72. The van der Waals surface area contributed by atoms with E-state index in [2.05, 4.69) is 6.92 Å². The van der Waals surface area contributed by atoms with Gasteiger partial charge >= 0.3 is 0 Å². The van der Waals surface area contributed by atoms with E-state index in [-0.39, 0.29) is 0 Å². The number of para-hydroxylation sites is 2. The maximum absolute atomic E-state index is 5.80. The number of nitrogens with two attached hydrogens (primary N) is 1. The Balaban J connectivity index is 1.69. The molecule has 0 aliphatic heterocycles. The van der Waals surface area contributed by atoms with Crippen molar-refractivity contribution < 1.29 is 28.4 Å². The van der Waals surface area contributed by atoms with Gasteiger partial charge in [0.1, 0.15) is 12.4 Å². The van der Waals surface area contributed by atoms with Gasteiger partial charge in [-0.2, -0.15) is 0 Å². The minimum absolute atomic E-state index is 0.460. The number of anilines is 1. The molecule has 31 heavy (non-hydrogen) atoms. The van der Waals surface area contributed by atoms with Gasteiger partial charge in [0.15, 0.2) is 0 Å². The van der Waals surface area contributed by atoms with E-state index >= 15 is 0 Å². The first kappa shape index (κ1) is 27.7. The van der Waals surface area contributed by atoms with Crippen LogP contribution < -0.4 is 10.5 Å². The Morgan fingerprint density at radius 2 is 1.00 bits per heavy atom. The fourth-order valence-electron chi connectivity index (χ4n) is 2.79. The molecule has 1 aromatic rings. The Kier molecular flexibility index (Phi) is 19.5. The highest BCUT2D eigenvalue weighted by molar-refractivity contribution is 5.51. The molecular formula is C24H43NO6. The van der Waals surface area contributed by atoms with Crippen LogP contribution >= 0.6 is 0 Å². The molecule has 0 heterocycles. The van der Waals surface area contributed by atoms with E-state index in [1.54, 1.807) is 0 Å². The molecule has 0 aliphatic rings. The van der Waals surface area contributed by atoms with Crippen molar-refractivity contribution in [2.75, 3.05) is 78.4 Å². The van der Waals surface area contributed by atoms with E-state index in [4.69, 9.17) is 34.2 Å². The average molecular weight is 442 g/mol. The average Bonchev–Trinajstić information content (AvgIpc) is 2.78. The summed E-state index contributed by atoms with van der Waals surface area (Å²) in [5, 5.41) is 0. The molecule has 0 amide bonds. The second-order valence-corrected chi connectivity index (χ2v) is 7.22. The Hall–Kier alpha value is -1.38. The minimum Gasteiger partial charge on any atom is -0.489 e. The zero-order chi connectivity index (χ0) is 22.2. The maximum atomic E-state index is 5.80. The molecule has 1 aromatic carbocycles. The van der Waals surface area contributed by atoms with Crippen LogP contribution in [-0.2, 0) is 23.7 Å². The van der Waals surface area contributed by atoms with Crippen molar-refractivity contribution in [3.05, 3.63) is 24.3 Å². The highest BCUT2D eigenvalue weighted by Crippen LogP contribution is 2.19. The normalized spacial score (nSPS) is 11.1. The zero-order valence-corrected chi connectivity index (χ0v) is 19.4. The maximum Gasteiger partial charge on any atom is 0.142 e. The Labute approximate surface area is 188 Å². The molecule has 0 spiro atoms. The Bertz CT molecular complexity index is 503. The van der Waals surface area contributed by atoms with Crippen LogP contribution in [0.5, 0.6) is 5.75 Å². The van der Waals surface area contributed by atoms with Crippen LogP contribution in [0.3, 0.4) is 0 Å². The quantitative estimate of drug-likeness (QED) is 0.202. The molecule has 0 bridgehead atoms. The molecule has 0 saturated heterocycles. The van der Waals surface area contributed by atoms with Crippen LogP contribution in [-0.4, -0.2) is 72.7 Å². The van der Waals surface area contributed by atoms with Crippen LogP contribution in [0.4, 0.5) is 5.69 Å². The Morgan fingerprint density at radius 1 is 0.548 bits per heavy atom. The van der Waals surface area contributed by atoms with Crippen LogP contribution in [0.15, 0.2) is 24.3 Å². The van der Waals surface area contributed by atoms with E-state index in [1.165, 1.54) is 32.1 Å². The third-order valence-corrected chi connectivity index (χ3v) is 4.53. The van der Waals surface area contributed by atoms with Crippen molar-refractivity contribution in [3.8, 4) is 5.75 Å². The van der Waals surface area contributed by atoms with Gasteiger partial charge in [0, 0.05) is 6.61 Å². The second kappa shape index (κ2) is 21.8. The fourth-order valence-corrected chi connectivity index (χ4v) is 2.79. The number of hydrogen-bond acceptors (Lipinski definition) is 7. The van der Waals surface area contributed by atoms with E-state index in [1.807, 2.05) is 24.3 Å². The van der Waals surface area contributed by atoms with Crippen molar-refractivity contribution >= 4 is 5.69 Å². The summed E-state index contributed by atoms with van der Waals surface area (Å²) in [7, 11) is 0. The first-order valence-electron chi connectivity index (χ1n) is 11.7. The van der Waals surface area contributed by atoms with Crippen molar-refractivity contribution in [1.29, 1.82) is 0 Å². The van der Waals surface area contributed by atoms with Crippen LogP contribution in [0.2, 0.25) is 0 Å². The van der Waals surface area contributed by atoms with Crippen LogP contribution in [0.25, 0.3) is 0 Å². The second-order valence-electron chi connectivity index (χ2n) is 7.22. The van der Waals surface area contributed by atoms with E-state index in [9.17, 15) is 0 Å². The molecule has 0 aromatic heterocycles. The smallest absolute Gasteiger partial charge is 0.142 e. The van der Waals surface area contributed by atoms with Gasteiger partial charge in [0.2, 0.25) is 0 Å². The predicted octanol–water partition coefficient (Wildman–Crippen LogP) is 4.09. The molecule has 0 aliphatic carbocycles. The molecule has 0 saturated carbocycles. The molecule has 7 nitrogen and oxygen atoms in total. The van der Waals surface area contributed by atoms with Crippen LogP contribution in [0.1, 0.15) is 45.4 Å². The molecule has 1 rings (SSSR count). The van der Waals surface area contributed by atoms with Gasteiger partial charge in [-0.15, -0.1) is 0 Å². The van der Waals surface area contributed by atoms with E-state index < -0.39 is 0 Å². The van der Waals surface area contributed by atoms with Gasteiger partial charge in [-0.05, 0) is 18.6 Å². The summed E-state index contributed by atoms with van der Waals surface area (Å²) >= 11 is 0. The lowest BCUT2D eigenvalue weighted by atomic mass is 10.1. The third kappa shape index (κ3) is 17.9. The van der Waals surface area contributed by atoms with Gasteiger partial charge in [0.05, 0.1) is 65.1 Å². The van der Waals surface area contributed by atoms with Gasteiger partial charge in [0.25, 0.3) is 0 Å². The van der Waals surface area contributed by atoms with E-state index in [0.717, 1.165) is 13.0 Å². The van der Waals surface area contributed by atoms with Gasteiger partial charge in [-0.1, -0.05) is 51.2 Å². The van der Waals surface area contributed by atoms with Crippen molar-refractivity contribution in [2.24, 2.45) is 0 Å². The molecule has 0 radical (unpaired) electrons. The van der Waals surface area contributed by atoms with Gasteiger partial charge < -0.3 is 34.2 Å². The highest BCUT2D eigenvalue weighted by atomic mass is 16.6. The lowest BCUT2D eigenvalue weighted by molar-refractivity contribution is -0.0128. The SMILES string of the molecule is CCCCCCCCOCCOCCOCCOCCOCCOc1ccccc1N. The largest absolute Gasteiger partial charge is 0.489 e. The predicted molar refractivity (Wildman–Crippen MR) is 124 cm³/mol. The van der Waals surface area contributed by atoms with Gasteiger partial charge in [-0.3, -0.25) is 0 Å². The number of hydrogen-bond donors (Lipinski definition) is 1. The summed E-state index contributed by atoms with van der Waals surface area (Å²) in [5.74, 6) is 0.684. The fraction of sp³-hybridized carbons (Fsp3) is 0.750. The Morgan fingerprint density at radius 3 is 1.55 bits per heavy atom. The summed E-state index contributed by atoms with van der Waals surface area (Å²) < 4.78 is 33.0. The minimum atomic E-state index is 0.460. The van der Waals surface area contributed by atoms with Crippen LogP contribution in [0, 0.1) is 0 Å². The lowest BCUT2D eigenvalue weighted by Crippen LogP contribution is -2.14. The molecule has 0 atom stereocenters. The molecule has 0 unspecified atom stereocenters. The lowest BCUT2D eigenvalue weighted by Gasteiger charge is -2.09.